The lowest BCUT2D eigenvalue weighted by atomic mass is 10.1. The van der Waals surface area contributed by atoms with Crippen molar-refractivity contribution in [1.82, 2.24) is 5.32 Å². The summed E-state index contributed by atoms with van der Waals surface area (Å²) >= 11 is 0. The molecule has 0 radical (unpaired) electrons. The van der Waals surface area contributed by atoms with Crippen molar-refractivity contribution in [3.05, 3.63) is 65.2 Å². The Morgan fingerprint density at radius 2 is 1.90 bits per heavy atom. The summed E-state index contributed by atoms with van der Waals surface area (Å²) in [6, 6.07) is 7.07. The molecule has 2 unspecified atom stereocenters. The molecule has 1 fully saturated rings. The molecular formula is C20H17F5N2O3. The number of halogens is 5. The molecule has 3 rings (SSSR count). The number of rotatable bonds is 5. The fourth-order valence-electron chi connectivity index (χ4n) is 3.16. The van der Waals surface area contributed by atoms with E-state index in [1.165, 1.54) is 18.2 Å². The number of aliphatic hydroxyl groups is 1. The van der Waals surface area contributed by atoms with Gasteiger partial charge in [-0.05, 0) is 35.9 Å². The third-order valence-corrected chi connectivity index (χ3v) is 4.78. The summed E-state index contributed by atoms with van der Waals surface area (Å²) in [4.78, 5) is 25.7. The molecule has 0 bridgehead atoms. The fraction of sp³-hybridized carbons (Fsp3) is 0.300. The largest absolute Gasteiger partial charge is 0.416 e. The second-order valence-electron chi connectivity index (χ2n) is 6.89. The predicted octanol–water partition coefficient (Wildman–Crippen LogP) is 3.19. The number of aliphatic hydroxyl groups excluding tert-OH is 1. The summed E-state index contributed by atoms with van der Waals surface area (Å²) in [7, 11) is 0. The summed E-state index contributed by atoms with van der Waals surface area (Å²) in [6.07, 6.45) is -6.07. The van der Waals surface area contributed by atoms with Gasteiger partial charge in [-0.1, -0.05) is 12.1 Å². The molecule has 1 aliphatic rings. The van der Waals surface area contributed by atoms with E-state index in [4.69, 9.17) is 0 Å². The van der Waals surface area contributed by atoms with E-state index in [-0.39, 0.29) is 30.8 Å². The number of carbonyl (C=O) groups excluding carboxylic acids is 2. The Morgan fingerprint density at radius 3 is 2.57 bits per heavy atom. The van der Waals surface area contributed by atoms with Gasteiger partial charge >= 0.3 is 6.18 Å². The standard InChI is InChI=1S/C20H17F5N2O3/c21-15-5-4-11(6-16(15)22)17(28)9-26-19(30)12-7-18(29)27(10-12)14-3-1-2-13(8-14)20(23,24)25/h1-6,8,12,17,28H,7,9-10H2,(H,26,30). The number of nitrogens with zero attached hydrogens (tertiary/aromatic N) is 1. The van der Waals surface area contributed by atoms with Crippen LogP contribution in [0, 0.1) is 17.6 Å². The molecule has 2 N–H and O–H groups in total. The van der Waals surface area contributed by atoms with E-state index < -0.39 is 47.2 Å². The Balaban J connectivity index is 1.62. The van der Waals surface area contributed by atoms with Gasteiger partial charge in [0, 0.05) is 25.2 Å². The normalized spacial score (nSPS) is 17.9. The molecule has 2 atom stereocenters. The summed E-state index contributed by atoms with van der Waals surface area (Å²) < 4.78 is 64.9. The third-order valence-electron chi connectivity index (χ3n) is 4.78. The van der Waals surface area contributed by atoms with Crippen LogP contribution < -0.4 is 10.2 Å². The summed E-state index contributed by atoms with van der Waals surface area (Å²) in [5.41, 5.74) is -0.815. The van der Waals surface area contributed by atoms with Crippen LogP contribution in [0.15, 0.2) is 42.5 Å². The Bertz CT molecular complexity index is 964. The van der Waals surface area contributed by atoms with Gasteiger partial charge in [-0.3, -0.25) is 9.59 Å². The number of nitrogens with one attached hydrogen (secondary N) is 1. The van der Waals surface area contributed by atoms with E-state index in [0.717, 1.165) is 29.2 Å². The number of hydrogen-bond donors (Lipinski definition) is 2. The van der Waals surface area contributed by atoms with Crippen LogP contribution in [-0.4, -0.2) is 30.0 Å². The predicted molar refractivity (Wildman–Crippen MR) is 96.2 cm³/mol. The number of benzene rings is 2. The maximum atomic E-state index is 13.2. The monoisotopic (exact) mass is 428 g/mol. The number of anilines is 1. The Labute approximate surface area is 168 Å². The van der Waals surface area contributed by atoms with Crippen molar-refractivity contribution < 1.29 is 36.6 Å². The number of hydrogen-bond acceptors (Lipinski definition) is 3. The molecule has 0 saturated carbocycles. The van der Waals surface area contributed by atoms with Crippen LogP contribution in [0.25, 0.3) is 0 Å². The van der Waals surface area contributed by atoms with E-state index >= 15 is 0 Å². The van der Waals surface area contributed by atoms with Gasteiger partial charge in [-0.15, -0.1) is 0 Å². The highest BCUT2D eigenvalue weighted by Crippen LogP contribution is 2.33. The number of alkyl halides is 3. The minimum atomic E-state index is -4.56. The zero-order valence-electron chi connectivity index (χ0n) is 15.4. The molecule has 2 aromatic rings. The molecule has 0 spiro atoms. The summed E-state index contributed by atoms with van der Waals surface area (Å²) in [5.74, 6) is -4.13. The van der Waals surface area contributed by atoms with Crippen LogP contribution in [0.5, 0.6) is 0 Å². The Morgan fingerprint density at radius 1 is 1.17 bits per heavy atom. The summed E-state index contributed by atoms with van der Waals surface area (Å²) in [5, 5.41) is 12.4. The molecule has 5 nitrogen and oxygen atoms in total. The van der Waals surface area contributed by atoms with Crippen LogP contribution >= 0.6 is 0 Å². The smallest absolute Gasteiger partial charge is 0.387 e. The fourth-order valence-corrected chi connectivity index (χ4v) is 3.16. The quantitative estimate of drug-likeness (QED) is 0.719. The first-order valence-electron chi connectivity index (χ1n) is 8.94. The van der Waals surface area contributed by atoms with Gasteiger partial charge in [-0.25, -0.2) is 8.78 Å². The zero-order valence-corrected chi connectivity index (χ0v) is 15.4. The first-order valence-corrected chi connectivity index (χ1v) is 8.94. The van der Waals surface area contributed by atoms with E-state index in [0.29, 0.717) is 0 Å². The van der Waals surface area contributed by atoms with Gasteiger partial charge in [0.1, 0.15) is 0 Å². The first kappa shape index (κ1) is 21.7. The van der Waals surface area contributed by atoms with Crippen molar-refractivity contribution in [1.29, 1.82) is 0 Å². The molecule has 2 aromatic carbocycles. The maximum Gasteiger partial charge on any atom is 0.416 e. The Hall–Kier alpha value is -3.01. The third kappa shape index (κ3) is 4.76. The van der Waals surface area contributed by atoms with Crippen molar-refractivity contribution in [3.63, 3.8) is 0 Å². The van der Waals surface area contributed by atoms with E-state index in [1.54, 1.807) is 0 Å². The molecule has 1 heterocycles. The second-order valence-corrected chi connectivity index (χ2v) is 6.89. The highest BCUT2D eigenvalue weighted by Gasteiger charge is 2.37. The first-order chi connectivity index (χ1) is 14.1. The second kappa shape index (κ2) is 8.39. The van der Waals surface area contributed by atoms with Crippen molar-refractivity contribution in [2.75, 3.05) is 18.0 Å². The van der Waals surface area contributed by atoms with E-state index in [1.807, 2.05) is 0 Å². The van der Waals surface area contributed by atoms with Crippen molar-refractivity contribution in [3.8, 4) is 0 Å². The van der Waals surface area contributed by atoms with Crippen LogP contribution in [0.4, 0.5) is 27.6 Å². The highest BCUT2D eigenvalue weighted by atomic mass is 19.4. The maximum absolute atomic E-state index is 13.2. The van der Waals surface area contributed by atoms with Gasteiger partial charge in [0.15, 0.2) is 11.6 Å². The molecule has 1 saturated heterocycles. The molecule has 10 heteroatoms. The molecule has 0 aromatic heterocycles. The zero-order chi connectivity index (χ0) is 22.1. The van der Waals surface area contributed by atoms with Crippen LogP contribution in [0.1, 0.15) is 23.7 Å². The number of carbonyl (C=O) groups is 2. The minimum absolute atomic E-state index is 0.0342. The molecule has 0 aliphatic carbocycles. The van der Waals surface area contributed by atoms with Crippen molar-refractivity contribution in [2.45, 2.75) is 18.7 Å². The molecular weight excluding hydrogens is 411 g/mol. The van der Waals surface area contributed by atoms with Crippen LogP contribution in [0.3, 0.4) is 0 Å². The topological polar surface area (TPSA) is 69.6 Å². The van der Waals surface area contributed by atoms with Crippen LogP contribution in [0.2, 0.25) is 0 Å². The minimum Gasteiger partial charge on any atom is -0.387 e. The molecule has 1 aliphatic heterocycles. The van der Waals surface area contributed by atoms with Gasteiger partial charge in [-0.2, -0.15) is 13.2 Å². The van der Waals surface area contributed by atoms with Gasteiger partial charge in [0.2, 0.25) is 11.8 Å². The molecule has 30 heavy (non-hydrogen) atoms. The average molecular weight is 428 g/mol. The Kier molecular flexibility index (Phi) is 6.06. The lowest BCUT2D eigenvalue weighted by Gasteiger charge is -2.19. The van der Waals surface area contributed by atoms with E-state index in [2.05, 4.69) is 5.32 Å². The lowest BCUT2D eigenvalue weighted by Crippen LogP contribution is -2.35. The van der Waals surface area contributed by atoms with Crippen molar-refractivity contribution in [2.24, 2.45) is 5.92 Å². The highest BCUT2D eigenvalue weighted by molar-refractivity contribution is 6.00. The van der Waals surface area contributed by atoms with Gasteiger partial charge < -0.3 is 15.3 Å². The SMILES string of the molecule is O=C(NCC(O)c1ccc(F)c(F)c1)C1CC(=O)N(c2cccc(C(F)(F)F)c2)C1. The van der Waals surface area contributed by atoms with Crippen LogP contribution in [-0.2, 0) is 15.8 Å². The summed E-state index contributed by atoms with van der Waals surface area (Å²) in [6.45, 7) is -0.425. The van der Waals surface area contributed by atoms with E-state index in [9.17, 15) is 36.6 Å². The number of amides is 2. The molecule has 2 amide bonds. The van der Waals surface area contributed by atoms with Crippen molar-refractivity contribution >= 4 is 17.5 Å². The van der Waals surface area contributed by atoms with Gasteiger partial charge in [0.05, 0.1) is 17.6 Å². The lowest BCUT2D eigenvalue weighted by molar-refractivity contribution is -0.137. The van der Waals surface area contributed by atoms with Gasteiger partial charge in [0.25, 0.3) is 0 Å². The molecule has 160 valence electrons. The average Bonchev–Trinajstić information content (AvgIpc) is 3.09.